The lowest BCUT2D eigenvalue weighted by molar-refractivity contribution is 1.08. The molecule has 2 rings (SSSR count). The summed E-state index contributed by atoms with van der Waals surface area (Å²) in [5.74, 6) is 0.411. The standard InChI is InChI=1S/C12H11N5/c1-8-3-11(7-14-6-8)17-12-15-9(2)4-10(5-13)16-12/h3-4,6-7H,1-2H3,(H,15,16,17). The van der Waals surface area contributed by atoms with E-state index in [9.17, 15) is 0 Å². The van der Waals surface area contributed by atoms with Crippen molar-refractivity contribution >= 4 is 11.6 Å². The van der Waals surface area contributed by atoms with Gasteiger partial charge in [0.1, 0.15) is 11.8 Å². The van der Waals surface area contributed by atoms with Crippen molar-refractivity contribution in [1.29, 1.82) is 5.26 Å². The molecule has 0 aliphatic heterocycles. The molecule has 84 valence electrons. The molecule has 2 aromatic heterocycles. The van der Waals surface area contributed by atoms with Crippen molar-refractivity contribution in [2.45, 2.75) is 13.8 Å². The smallest absolute Gasteiger partial charge is 0.228 e. The number of hydrogen-bond acceptors (Lipinski definition) is 5. The summed E-state index contributed by atoms with van der Waals surface area (Å²) in [5, 5.41) is 11.8. The Hall–Kier alpha value is -2.48. The van der Waals surface area contributed by atoms with Crippen molar-refractivity contribution in [3.05, 3.63) is 41.5 Å². The maximum absolute atomic E-state index is 8.82. The van der Waals surface area contributed by atoms with Crippen LogP contribution >= 0.6 is 0 Å². The van der Waals surface area contributed by atoms with Crippen molar-refractivity contribution in [3.63, 3.8) is 0 Å². The van der Waals surface area contributed by atoms with Gasteiger partial charge >= 0.3 is 0 Å². The molecule has 2 aromatic rings. The zero-order valence-electron chi connectivity index (χ0n) is 9.60. The highest BCUT2D eigenvalue weighted by molar-refractivity contribution is 5.53. The second kappa shape index (κ2) is 4.58. The minimum absolute atomic E-state index is 0.348. The molecule has 0 saturated heterocycles. The Bertz CT molecular complexity index is 586. The topological polar surface area (TPSA) is 74.5 Å². The van der Waals surface area contributed by atoms with Crippen molar-refractivity contribution in [3.8, 4) is 6.07 Å². The highest BCUT2D eigenvalue weighted by Crippen LogP contribution is 2.13. The second-order valence-electron chi connectivity index (χ2n) is 3.71. The molecule has 2 heterocycles. The van der Waals surface area contributed by atoms with Crippen LogP contribution in [-0.2, 0) is 0 Å². The monoisotopic (exact) mass is 225 g/mol. The molecule has 0 aliphatic rings. The molecule has 0 amide bonds. The first kappa shape index (κ1) is 11.0. The third-order valence-corrected chi connectivity index (χ3v) is 2.10. The van der Waals surface area contributed by atoms with Crippen LogP contribution < -0.4 is 5.32 Å². The van der Waals surface area contributed by atoms with E-state index in [1.807, 2.05) is 26.0 Å². The summed E-state index contributed by atoms with van der Waals surface area (Å²) >= 11 is 0. The predicted molar refractivity (Wildman–Crippen MR) is 63.7 cm³/mol. The predicted octanol–water partition coefficient (Wildman–Crippen LogP) is 2.10. The molecule has 0 saturated carbocycles. The van der Waals surface area contributed by atoms with Gasteiger partial charge in [0.25, 0.3) is 0 Å². The van der Waals surface area contributed by atoms with Crippen LogP contribution in [0.4, 0.5) is 11.6 Å². The summed E-state index contributed by atoms with van der Waals surface area (Å²) < 4.78 is 0. The van der Waals surface area contributed by atoms with Crippen LogP contribution in [0.25, 0.3) is 0 Å². The Morgan fingerprint density at radius 3 is 2.71 bits per heavy atom. The lowest BCUT2D eigenvalue weighted by Crippen LogP contribution is -2.00. The number of rotatable bonds is 2. The number of pyridine rings is 1. The van der Waals surface area contributed by atoms with Gasteiger partial charge in [-0.05, 0) is 31.5 Å². The number of hydrogen-bond donors (Lipinski definition) is 1. The van der Waals surface area contributed by atoms with Crippen LogP contribution in [0.5, 0.6) is 0 Å². The molecular formula is C12H11N5. The Morgan fingerprint density at radius 2 is 2.00 bits per heavy atom. The largest absolute Gasteiger partial charge is 0.323 e. The maximum atomic E-state index is 8.82. The van der Waals surface area contributed by atoms with Gasteiger partial charge in [-0.15, -0.1) is 0 Å². The van der Waals surface area contributed by atoms with Crippen molar-refractivity contribution in [2.75, 3.05) is 5.32 Å². The molecule has 17 heavy (non-hydrogen) atoms. The average molecular weight is 225 g/mol. The van der Waals surface area contributed by atoms with E-state index in [2.05, 4.69) is 20.3 Å². The summed E-state index contributed by atoms with van der Waals surface area (Å²) in [4.78, 5) is 12.3. The van der Waals surface area contributed by atoms with Crippen molar-refractivity contribution in [1.82, 2.24) is 15.0 Å². The molecule has 0 aromatic carbocycles. The lowest BCUT2D eigenvalue weighted by atomic mass is 10.3. The maximum Gasteiger partial charge on any atom is 0.228 e. The molecule has 0 spiro atoms. The number of aryl methyl sites for hydroxylation is 2. The highest BCUT2D eigenvalue weighted by Gasteiger charge is 2.02. The van der Waals surface area contributed by atoms with E-state index in [0.29, 0.717) is 11.6 Å². The highest BCUT2D eigenvalue weighted by atomic mass is 15.1. The van der Waals surface area contributed by atoms with Gasteiger partial charge in [0.05, 0.1) is 11.9 Å². The van der Waals surface area contributed by atoms with Gasteiger partial charge in [0, 0.05) is 11.9 Å². The molecule has 0 atom stereocenters. The molecular weight excluding hydrogens is 214 g/mol. The Kier molecular flexibility index (Phi) is 2.97. The Labute approximate surface area is 99.2 Å². The summed E-state index contributed by atoms with van der Waals surface area (Å²) in [6.07, 6.45) is 3.45. The fourth-order valence-corrected chi connectivity index (χ4v) is 1.43. The van der Waals surface area contributed by atoms with Crippen LogP contribution in [0.1, 0.15) is 17.0 Å². The normalized spacial score (nSPS) is 9.71. The number of nitrogens with zero attached hydrogens (tertiary/aromatic N) is 4. The molecule has 5 nitrogen and oxygen atoms in total. The third-order valence-electron chi connectivity index (χ3n) is 2.10. The van der Waals surface area contributed by atoms with E-state index in [1.165, 1.54) is 0 Å². The second-order valence-corrected chi connectivity index (χ2v) is 3.71. The SMILES string of the molecule is Cc1cncc(Nc2nc(C)cc(C#N)n2)c1. The molecule has 0 unspecified atom stereocenters. The zero-order chi connectivity index (χ0) is 12.3. The summed E-state index contributed by atoms with van der Waals surface area (Å²) in [7, 11) is 0. The van der Waals surface area contributed by atoms with Gasteiger partial charge < -0.3 is 5.32 Å². The van der Waals surface area contributed by atoms with E-state index in [4.69, 9.17) is 5.26 Å². The molecule has 1 N–H and O–H groups in total. The van der Waals surface area contributed by atoms with Gasteiger partial charge in [-0.2, -0.15) is 5.26 Å². The molecule has 0 radical (unpaired) electrons. The van der Waals surface area contributed by atoms with E-state index in [-0.39, 0.29) is 0 Å². The van der Waals surface area contributed by atoms with E-state index in [0.717, 1.165) is 16.9 Å². The van der Waals surface area contributed by atoms with Gasteiger partial charge in [-0.25, -0.2) is 9.97 Å². The fraction of sp³-hybridized carbons (Fsp3) is 0.167. The summed E-state index contributed by atoms with van der Waals surface area (Å²) in [6.45, 7) is 3.78. The number of anilines is 2. The first-order valence-corrected chi connectivity index (χ1v) is 5.12. The fourth-order valence-electron chi connectivity index (χ4n) is 1.43. The van der Waals surface area contributed by atoms with Crippen LogP contribution in [0.15, 0.2) is 24.5 Å². The minimum atomic E-state index is 0.348. The van der Waals surface area contributed by atoms with Gasteiger partial charge in [0.15, 0.2) is 0 Å². The number of nitrogens with one attached hydrogen (secondary N) is 1. The molecule has 0 fully saturated rings. The molecule has 0 bridgehead atoms. The quantitative estimate of drug-likeness (QED) is 0.847. The van der Waals surface area contributed by atoms with Crippen LogP contribution in [0.2, 0.25) is 0 Å². The number of aromatic nitrogens is 3. The van der Waals surface area contributed by atoms with Crippen molar-refractivity contribution < 1.29 is 0 Å². The summed E-state index contributed by atoms with van der Waals surface area (Å²) in [5.41, 5.74) is 2.95. The average Bonchev–Trinajstić information content (AvgIpc) is 2.28. The molecule has 5 heteroatoms. The zero-order valence-corrected chi connectivity index (χ0v) is 9.60. The van der Waals surface area contributed by atoms with E-state index in [1.54, 1.807) is 18.5 Å². The van der Waals surface area contributed by atoms with Crippen LogP contribution in [-0.4, -0.2) is 15.0 Å². The summed E-state index contributed by atoms with van der Waals surface area (Å²) in [6, 6.07) is 5.57. The van der Waals surface area contributed by atoms with E-state index >= 15 is 0 Å². The third kappa shape index (κ3) is 2.75. The van der Waals surface area contributed by atoms with Gasteiger partial charge in [0.2, 0.25) is 5.95 Å². The Morgan fingerprint density at radius 1 is 1.18 bits per heavy atom. The lowest BCUT2D eigenvalue weighted by Gasteiger charge is -2.05. The molecule has 0 aliphatic carbocycles. The first-order valence-electron chi connectivity index (χ1n) is 5.12. The number of nitriles is 1. The van der Waals surface area contributed by atoms with Gasteiger partial charge in [-0.1, -0.05) is 0 Å². The van der Waals surface area contributed by atoms with Gasteiger partial charge in [-0.3, -0.25) is 4.98 Å². The minimum Gasteiger partial charge on any atom is -0.323 e. The first-order chi connectivity index (χ1) is 8.17. The van der Waals surface area contributed by atoms with Crippen LogP contribution in [0.3, 0.4) is 0 Å². The van der Waals surface area contributed by atoms with E-state index < -0.39 is 0 Å². The van der Waals surface area contributed by atoms with Crippen molar-refractivity contribution in [2.24, 2.45) is 0 Å². The van der Waals surface area contributed by atoms with Crippen LogP contribution in [0, 0.1) is 25.2 Å². The Balaban J connectivity index is 2.30.